The van der Waals surface area contributed by atoms with Crippen molar-refractivity contribution in [3.63, 3.8) is 0 Å². The molecule has 3 atom stereocenters. The summed E-state index contributed by atoms with van der Waals surface area (Å²) in [5, 5.41) is 3.85. The van der Waals surface area contributed by atoms with Crippen molar-refractivity contribution >= 4 is 0 Å². The SMILES string of the molecule is c1ccc(C(NC2CC3CCC2O3)c2ccccc2)cc1. The van der Waals surface area contributed by atoms with Gasteiger partial charge in [-0.15, -0.1) is 0 Å². The first-order valence-electron chi connectivity index (χ1n) is 7.91. The molecule has 0 spiro atoms. The number of benzene rings is 2. The topological polar surface area (TPSA) is 21.3 Å². The predicted octanol–water partition coefficient (Wildman–Crippen LogP) is 3.69. The van der Waals surface area contributed by atoms with Crippen LogP contribution in [-0.4, -0.2) is 18.2 Å². The van der Waals surface area contributed by atoms with Gasteiger partial charge in [0.25, 0.3) is 0 Å². The molecule has 4 rings (SSSR count). The van der Waals surface area contributed by atoms with Gasteiger partial charge in [-0.3, -0.25) is 0 Å². The molecule has 2 fully saturated rings. The molecule has 0 aromatic heterocycles. The average Bonchev–Trinajstić information content (AvgIpc) is 3.17. The Morgan fingerprint density at radius 3 is 1.95 bits per heavy atom. The molecule has 2 bridgehead atoms. The van der Waals surface area contributed by atoms with Crippen LogP contribution >= 0.6 is 0 Å². The summed E-state index contributed by atoms with van der Waals surface area (Å²) < 4.78 is 5.99. The minimum absolute atomic E-state index is 0.250. The van der Waals surface area contributed by atoms with E-state index in [1.807, 2.05) is 0 Å². The molecular weight excluding hydrogens is 258 g/mol. The highest BCUT2D eigenvalue weighted by Gasteiger charge is 2.41. The molecule has 2 aromatic rings. The fourth-order valence-corrected chi connectivity index (χ4v) is 3.70. The minimum atomic E-state index is 0.250. The maximum absolute atomic E-state index is 5.99. The highest BCUT2D eigenvalue weighted by molar-refractivity contribution is 5.32. The van der Waals surface area contributed by atoms with Gasteiger partial charge < -0.3 is 10.1 Å². The number of ether oxygens (including phenoxy) is 1. The number of nitrogens with one attached hydrogen (secondary N) is 1. The molecule has 2 aliphatic heterocycles. The van der Waals surface area contributed by atoms with E-state index in [1.165, 1.54) is 24.0 Å². The van der Waals surface area contributed by atoms with E-state index in [0.29, 0.717) is 18.2 Å². The van der Waals surface area contributed by atoms with E-state index in [9.17, 15) is 0 Å². The second-order valence-corrected chi connectivity index (χ2v) is 6.14. The van der Waals surface area contributed by atoms with E-state index in [-0.39, 0.29) is 6.04 Å². The first-order chi connectivity index (χ1) is 10.4. The summed E-state index contributed by atoms with van der Waals surface area (Å²) in [7, 11) is 0. The van der Waals surface area contributed by atoms with E-state index in [2.05, 4.69) is 66.0 Å². The zero-order chi connectivity index (χ0) is 14.1. The summed E-state index contributed by atoms with van der Waals surface area (Å²) in [5.41, 5.74) is 2.65. The quantitative estimate of drug-likeness (QED) is 0.921. The highest BCUT2D eigenvalue weighted by atomic mass is 16.5. The van der Waals surface area contributed by atoms with Gasteiger partial charge in [0.2, 0.25) is 0 Å². The van der Waals surface area contributed by atoms with Gasteiger partial charge in [-0.25, -0.2) is 0 Å². The molecule has 108 valence electrons. The normalized spacial score (nSPS) is 27.4. The van der Waals surface area contributed by atoms with Gasteiger partial charge in [0.15, 0.2) is 0 Å². The van der Waals surface area contributed by atoms with Crippen molar-refractivity contribution < 1.29 is 4.74 Å². The Hall–Kier alpha value is -1.64. The maximum atomic E-state index is 5.99. The van der Waals surface area contributed by atoms with Gasteiger partial charge in [-0.2, -0.15) is 0 Å². The third-order valence-corrected chi connectivity index (χ3v) is 4.75. The minimum Gasteiger partial charge on any atom is -0.373 e. The smallest absolute Gasteiger partial charge is 0.0734 e. The Labute approximate surface area is 126 Å². The zero-order valence-corrected chi connectivity index (χ0v) is 12.1. The van der Waals surface area contributed by atoms with Crippen molar-refractivity contribution in [1.82, 2.24) is 5.32 Å². The lowest BCUT2D eigenvalue weighted by atomic mass is 9.92. The van der Waals surface area contributed by atoms with Crippen molar-refractivity contribution in [1.29, 1.82) is 0 Å². The third-order valence-electron chi connectivity index (χ3n) is 4.75. The average molecular weight is 279 g/mol. The molecule has 2 nitrogen and oxygen atoms in total. The largest absolute Gasteiger partial charge is 0.373 e. The summed E-state index contributed by atoms with van der Waals surface area (Å²) in [6, 6.07) is 22.2. The van der Waals surface area contributed by atoms with Crippen LogP contribution in [-0.2, 0) is 4.74 Å². The van der Waals surface area contributed by atoms with Crippen LogP contribution in [0.5, 0.6) is 0 Å². The van der Waals surface area contributed by atoms with Gasteiger partial charge >= 0.3 is 0 Å². The van der Waals surface area contributed by atoms with Crippen molar-refractivity contribution in [3.05, 3.63) is 71.8 Å². The summed E-state index contributed by atoms with van der Waals surface area (Å²) in [6.45, 7) is 0. The number of rotatable bonds is 4. The molecule has 0 radical (unpaired) electrons. The Balaban J connectivity index is 1.61. The molecule has 2 heteroatoms. The molecule has 2 aromatic carbocycles. The molecule has 21 heavy (non-hydrogen) atoms. The second kappa shape index (κ2) is 5.63. The van der Waals surface area contributed by atoms with E-state index >= 15 is 0 Å². The molecule has 0 amide bonds. The van der Waals surface area contributed by atoms with E-state index in [0.717, 1.165) is 6.42 Å². The highest BCUT2D eigenvalue weighted by Crippen LogP contribution is 2.36. The van der Waals surface area contributed by atoms with Gasteiger partial charge in [0.1, 0.15) is 0 Å². The second-order valence-electron chi connectivity index (χ2n) is 6.14. The fourth-order valence-electron chi connectivity index (χ4n) is 3.70. The predicted molar refractivity (Wildman–Crippen MR) is 84.2 cm³/mol. The van der Waals surface area contributed by atoms with Gasteiger partial charge in [-0.05, 0) is 30.4 Å². The van der Waals surface area contributed by atoms with Crippen molar-refractivity contribution in [3.8, 4) is 0 Å². The summed E-state index contributed by atoms with van der Waals surface area (Å²) in [5.74, 6) is 0. The lowest BCUT2D eigenvalue weighted by Gasteiger charge is -2.27. The molecule has 3 unspecified atom stereocenters. The summed E-state index contributed by atoms with van der Waals surface area (Å²) in [4.78, 5) is 0. The van der Waals surface area contributed by atoms with E-state index < -0.39 is 0 Å². The van der Waals surface area contributed by atoms with Gasteiger partial charge in [-0.1, -0.05) is 60.7 Å². The number of hydrogen-bond donors (Lipinski definition) is 1. The third kappa shape index (κ3) is 2.61. The van der Waals surface area contributed by atoms with Crippen LogP contribution in [0.3, 0.4) is 0 Å². The van der Waals surface area contributed by atoms with Crippen LogP contribution in [0.25, 0.3) is 0 Å². The maximum Gasteiger partial charge on any atom is 0.0734 e. The standard InChI is InChI=1S/C19H21NO/c1-3-7-14(8-4-1)19(15-9-5-2-6-10-15)20-17-13-16-11-12-18(17)21-16/h1-10,16-20H,11-13H2. The Bertz CT molecular complexity index is 544. The lowest BCUT2D eigenvalue weighted by Crippen LogP contribution is -2.40. The number of fused-ring (bicyclic) bond motifs is 2. The van der Waals surface area contributed by atoms with Gasteiger partial charge in [0, 0.05) is 6.04 Å². The summed E-state index contributed by atoms with van der Waals surface area (Å²) >= 11 is 0. The molecule has 2 saturated heterocycles. The molecule has 1 N–H and O–H groups in total. The van der Waals surface area contributed by atoms with Crippen molar-refractivity contribution in [2.75, 3.05) is 0 Å². The van der Waals surface area contributed by atoms with Crippen LogP contribution in [0.1, 0.15) is 36.4 Å². The Kier molecular flexibility index (Phi) is 3.50. The zero-order valence-electron chi connectivity index (χ0n) is 12.1. The van der Waals surface area contributed by atoms with Crippen molar-refractivity contribution in [2.24, 2.45) is 0 Å². The Morgan fingerprint density at radius 2 is 1.48 bits per heavy atom. The van der Waals surface area contributed by atoms with Crippen LogP contribution in [0.2, 0.25) is 0 Å². The van der Waals surface area contributed by atoms with Gasteiger partial charge in [0.05, 0.1) is 18.2 Å². The first-order valence-corrected chi connectivity index (χ1v) is 7.91. The fraction of sp³-hybridized carbons (Fsp3) is 0.368. The molecular formula is C19H21NO. The lowest BCUT2D eigenvalue weighted by molar-refractivity contribution is 0.0966. The Morgan fingerprint density at radius 1 is 0.857 bits per heavy atom. The monoisotopic (exact) mass is 279 g/mol. The van der Waals surface area contributed by atoms with E-state index in [1.54, 1.807) is 0 Å². The van der Waals surface area contributed by atoms with Crippen LogP contribution in [0.15, 0.2) is 60.7 Å². The molecule has 2 aliphatic rings. The molecule has 0 aliphatic carbocycles. The molecule has 0 saturated carbocycles. The van der Waals surface area contributed by atoms with Crippen LogP contribution < -0.4 is 5.32 Å². The van der Waals surface area contributed by atoms with Crippen LogP contribution in [0, 0.1) is 0 Å². The number of hydrogen-bond acceptors (Lipinski definition) is 2. The first kappa shape index (κ1) is 13.1. The molecule has 2 heterocycles. The van der Waals surface area contributed by atoms with Crippen molar-refractivity contribution in [2.45, 2.75) is 43.6 Å². The summed E-state index contributed by atoms with van der Waals surface area (Å²) in [6.07, 6.45) is 4.49. The van der Waals surface area contributed by atoms with E-state index in [4.69, 9.17) is 4.74 Å². The van der Waals surface area contributed by atoms with Crippen LogP contribution in [0.4, 0.5) is 0 Å².